The fourth-order valence-electron chi connectivity index (χ4n) is 3.66. The molecule has 1 aliphatic rings. The predicted octanol–water partition coefficient (Wildman–Crippen LogP) is 1.99. The average Bonchev–Trinajstić information content (AvgIpc) is 3.28. The smallest absolute Gasteiger partial charge is 0.262 e. The summed E-state index contributed by atoms with van der Waals surface area (Å²) >= 11 is 0. The number of rotatable bonds is 7. The highest BCUT2D eigenvalue weighted by molar-refractivity contribution is 6.22. The number of amides is 3. The van der Waals surface area contributed by atoms with Crippen LogP contribution in [0.3, 0.4) is 0 Å². The molecular formula is C23H22N4O3. The maximum absolute atomic E-state index is 13.1. The molecule has 0 fully saturated rings. The second-order valence-corrected chi connectivity index (χ2v) is 7.30. The van der Waals surface area contributed by atoms with Crippen LogP contribution in [-0.2, 0) is 24.7 Å². The Labute approximate surface area is 174 Å². The Morgan fingerprint density at radius 3 is 2.23 bits per heavy atom. The first-order valence-electron chi connectivity index (χ1n) is 9.80. The second-order valence-electron chi connectivity index (χ2n) is 7.30. The van der Waals surface area contributed by atoms with E-state index in [4.69, 9.17) is 0 Å². The van der Waals surface area contributed by atoms with Gasteiger partial charge in [-0.2, -0.15) is 0 Å². The van der Waals surface area contributed by atoms with Crippen molar-refractivity contribution in [2.75, 3.05) is 6.54 Å². The van der Waals surface area contributed by atoms with Crippen molar-refractivity contribution in [3.05, 3.63) is 89.5 Å². The normalized spacial score (nSPS) is 14.0. The number of hydrogen-bond acceptors (Lipinski definition) is 4. The van der Waals surface area contributed by atoms with E-state index in [1.165, 1.54) is 0 Å². The lowest BCUT2D eigenvalue weighted by atomic mass is 10.0. The zero-order valence-electron chi connectivity index (χ0n) is 16.6. The van der Waals surface area contributed by atoms with Crippen molar-refractivity contribution < 1.29 is 14.4 Å². The lowest BCUT2D eigenvalue weighted by Gasteiger charge is -2.25. The molecule has 1 aromatic heterocycles. The van der Waals surface area contributed by atoms with Crippen LogP contribution in [0.1, 0.15) is 32.0 Å². The molecule has 7 nitrogen and oxygen atoms in total. The van der Waals surface area contributed by atoms with Crippen molar-refractivity contribution in [1.82, 2.24) is 19.8 Å². The van der Waals surface area contributed by atoms with Crippen molar-refractivity contribution in [2.24, 2.45) is 7.05 Å². The van der Waals surface area contributed by atoms with E-state index in [0.29, 0.717) is 24.1 Å². The molecule has 152 valence electrons. The zero-order chi connectivity index (χ0) is 21.1. The molecule has 0 saturated heterocycles. The number of hydrogen-bond donors (Lipinski definition) is 1. The van der Waals surface area contributed by atoms with Crippen LogP contribution in [-0.4, -0.2) is 44.8 Å². The minimum Gasteiger partial charge on any atom is -0.354 e. The van der Waals surface area contributed by atoms with Crippen LogP contribution in [0.5, 0.6) is 0 Å². The Bertz CT molecular complexity index is 1060. The molecule has 30 heavy (non-hydrogen) atoms. The number of benzene rings is 2. The summed E-state index contributed by atoms with van der Waals surface area (Å²) in [5, 5.41) is 2.87. The summed E-state index contributed by atoms with van der Waals surface area (Å²) in [7, 11) is 1.88. The van der Waals surface area contributed by atoms with Gasteiger partial charge in [0, 0.05) is 32.6 Å². The molecule has 0 saturated carbocycles. The van der Waals surface area contributed by atoms with Crippen molar-refractivity contribution >= 4 is 17.7 Å². The van der Waals surface area contributed by atoms with Crippen LogP contribution in [0.2, 0.25) is 0 Å². The first-order valence-corrected chi connectivity index (χ1v) is 9.80. The van der Waals surface area contributed by atoms with E-state index in [-0.39, 0.29) is 12.3 Å². The topological polar surface area (TPSA) is 84.3 Å². The van der Waals surface area contributed by atoms with Gasteiger partial charge in [-0.05, 0) is 17.7 Å². The highest BCUT2D eigenvalue weighted by atomic mass is 16.2. The standard InChI is InChI=1S/C23H22N4O3/c1-26-14-17(25-15-26)11-12-24-21(28)20(13-16-7-3-2-4-8-16)27-22(29)18-9-5-6-10-19(18)23(27)30/h2-10,14-15,20H,11-13H2,1H3,(H,24,28). The first kappa shape index (κ1) is 19.6. The molecule has 1 N–H and O–H groups in total. The number of nitrogens with zero attached hydrogens (tertiary/aromatic N) is 3. The SMILES string of the molecule is Cn1cnc(CCNC(=O)C(Cc2ccccc2)N2C(=O)c3ccccc3C2=O)c1. The summed E-state index contributed by atoms with van der Waals surface area (Å²) in [6, 6.07) is 15.1. The van der Waals surface area contributed by atoms with Gasteiger partial charge in [-0.15, -0.1) is 0 Å². The van der Waals surface area contributed by atoms with Crippen molar-refractivity contribution in [1.29, 1.82) is 0 Å². The molecule has 4 rings (SSSR count). The van der Waals surface area contributed by atoms with E-state index in [0.717, 1.165) is 16.2 Å². The van der Waals surface area contributed by atoms with Crippen LogP contribution in [0.15, 0.2) is 67.1 Å². The summed E-state index contributed by atoms with van der Waals surface area (Å²) < 4.78 is 1.84. The Kier molecular flexibility index (Phi) is 5.43. The maximum Gasteiger partial charge on any atom is 0.262 e. The molecule has 3 amide bonds. The quantitative estimate of drug-likeness (QED) is 0.613. The van der Waals surface area contributed by atoms with E-state index in [1.807, 2.05) is 48.1 Å². The summed E-state index contributed by atoms with van der Waals surface area (Å²) in [6.07, 6.45) is 4.40. The van der Waals surface area contributed by atoms with Gasteiger partial charge < -0.3 is 9.88 Å². The number of nitrogens with one attached hydrogen (secondary N) is 1. The Balaban J connectivity index is 1.54. The van der Waals surface area contributed by atoms with E-state index < -0.39 is 17.9 Å². The molecule has 1 unspecified atom stereocenters. The van der Waals surface area contributed by atoms with Gasteiger partial charge in [0.15, 0.2) is 0 Å². The minimum absolute atomic E-state index is 0.252. The zero-order valence-corrected chi connectivity index (χ0v) is 16.6. The summed E-state index contributed by atoms with van der Waals surface area (Å²) in [5.41, 5.74) is 2.40. The number of fused-ring (bicyclic) bond motifs is 1. The van der Waals surface area contributed by atoms with Gasteiger partial charge in [0.1, 0.15) is 6.04 Å². The number of carbonyl (C=O) groups is 3. The third-order valence-corrected chi connectivity index (χ3v) is 5.15. The second kappa shape index (κ2) is 8.32. The molecule has 7 heteroatoms. The summed E-state index contributed by atoms with van der Waals surface area (Å²) in [4.78, 5) is 44.3. The Morgan fingerprint density at radius 1 is 1.00 bits per heavy atom. The van der Waals surface area contributed by atoms with Crippen LogP contribution >= 0.6 is 0 Å². The lowest BCUT2D eigenvalue weighted by molar-refractivity contribution is -0.125. The highest BCUT2D eigenvalue weighted by Crippen LogP contribution is 2.26. The number of carbonyl (C=O) groups excluding carboxylic acids is 3. The minimum atomic E-state index is -0.927. The van der Waals surface area contributed by atoms with Gasteiger partial charge in [0.2, 0.25) is 5.91 Å². The number of aromatic nitrogens is 2. The van der Waals surface area contributed by atoms with E-state index in [9.17, 15) is 14.4 Å². The molecule has 2 aromatic carbocycles. The molecule has 2 heterocycles. The number of aryl methyl sites for hydroxylation is 1. The lowest BCUT2D eigenvalue weighted by Crippen LogP contribution is -2.51. The number of imide groups is 1. The molecule has 0 radical (unpaired) electrons. The van der Waals surface area contributed by atoms with Gasteiger partial charge in [-0.3, -0.25) is 19.3 Å². The molecule has 1 atom stereocenters. The van der Waals surface area contributed by atoms with Crippen LogP contribution in [0.25, 0.3) is 0 Å². The molecule has 0 aliphatic carbocycles. The first-order chi connectivity index (χ1) is 14.5. The molecule has 0 bridgehead atoms. The van der Waals surface area contributed by atoms with Gasteiger partial charge in [0.25, 0.3) is 11.8 Å². The van der Waals surface area contributed by atoms with Crippen LogP contribution in [0.4, 0.5) is 0 Å². The molecule has 3 aromatic rings. The molecule has 0 spiro atoms. The Hall–Kier alpha value is -3.74. The molecule has 1 aliphatic heterocycles. The van der Waals surface area contributed by atoms with E-state index in [1.54, 1.807) is 30.6 Å². The third-order valence-electron chi connectivity index (χ3n) is 5.15. The Morgan fingerprint density at radius 2 is 1.63 bits per heavy atom. The summed E-state index contributed by atoms with van der Waals surface area (Å²) in [5.74, 6) is -1.22. The van der Waals surface area contributed by atoms with Gasteiger partial charge in [0.05, 0.1) is 23.1 Å². The van der Waals surface area contributed by atoms with E-state index >= 15 is 0 Å². The van der Waals surface area contributed by atoms with Gasteiger partial charge >= 0.3 is 0 Å². The van der Waals surface area contributed by atoms with Crippen molar-refractivity contribution in [2.45, 2.75) is 18.9 Å². The number of imidazole rings is 1. The monoisotopic (exact) mass is 402 g/mol. The third kappa shape index (κ3) is 3.87. The van der Waals surface area contributed by atoms with Crippen molar-refractivity contribution in [3.8, 4) is 0 Å². The van der Waals surface area contributed by atoms with Crippen LogP contribution < -0.4 is 5.32 Å². The highest BCUT2D eigenvalue weighted by Gasteiger charge is 2.42. The largest absolute Gasteiger partial charge is 0.354 e. The van der Waals surface area contributed by atoms with Gasteiger partial charge in [-0.25, -0.2) is 4.98 Å². The maximum atomic E-state index is 13.1. The van der Waals surface area contributed by atoms with Gasteiger partial charge in [-0.1, -0.05) is 42.5 Å². The average molecular weight is 402 g/mol. The fraction of sp³-hybridized carbons (Fsp3) is 0.217. The fourth-order valence-corrected chi connectivity index (χ4v) is 3.66. The predicted molar refractivity (Wildman–Crippen MR) is 111 cm³/mol. The van der Waals surface area contributed by atoms with Crippen molar-refractivity contribution in [3.63, 3.8) is 0 Å². The van der Waals surface area contributed by atoms with Crippen LogP contribution in [0, 0.1) is 0 Å². The van der Waals surface area contributed by atoms with E-state index in [2.05, 4.69) is 10.3 Å². The molecular weight excluding hydrogens is 380 g/mol. The summed E-state index contributed by atoms with van der Waals surface area (Å²) in [6.45, 7) is 0.365.